The molecule has 0 unspecified atom stereocenters. The second kappa shape index (κ2) is 6.18. The van der Waals surface area contributed by atoms with Crippen molar-refractivity contribution in [1.29, 1.82) is 0 Å². The first-order valence-electron chi connectivity index (χ1n) is 8.12. The van der Waals surface area contributed by atoms with E-state index in [4.69, 9.17) is 4.74 Å². The number of nitrogens with zero attached hydrogens (tertiary/aromatic N) is 3. The van der Waals surface area contributed by atoms with Gasteiger partial charge in [0, 0.05) is 57.9 Å². The summed E-state index contributed by atoms with van der Waals surface area (Å²) in [5, 5.41) is 0.921. The van der Waals surface area contributed by atoms with Crippen molar-refractivity contribution in [2.45, 2.75) is 19.1 Å². The normalized spacial score (nSPS) is 22.0. The van der Waals surface area contributed by atoms with Gasteiger partial charge in [-0.2, -0.15) is 0 Å². The molecule has 2 aromatic rings. The predicted octanol–water partition coefficient (Wildman–Crippen LogP) is 2.00. The average molecular weight is 333 g/mol. The first-order chi connectivity index (χ1) is 11.3. The van der Waals surface area contributed by atoms with Crippen molar-refractivity contribution in [1.82, 2.24) is 14.4 Å². The molecule has 0 N–H and O–H groups in total. The number of morpholine rings is 1. The summed E-state index contributed by atoms with van der Waals surface area (Å²) in [5.74, 6) is -0.263. The number of likely N-dealkylation sites (N-methyl/N-ethyl adjacent to an activating group) is 1. The molecule has 1 amide bonds. The van der Waals surface area contributed by atoms with Crippen LogP contribution in [0.5, 0.6) is 0 Å². The number of hydrogen-bond donors (Lipinski definition) is 0. The molecule has 1 atom stereocenters. The third kappa shape index (κ3) is 3.03. The van der Waals surface area contributed by atoms with Crippen molar-refractivity contribution in [3.8, 4) is 0 Å². The lowest BCUT2D eigenvalue weighted by molar-refractivity contribution is -0.165. The van der Waals surface area contributed by atoms with Gasteiger partial charge in [-0.05, 0) is 30.7 Å². The Morgan fingerprint density at radius 3 is 2.88 bits per heavy atom. The van der Waals surface area contributed by atoms with E-state index in [2.05, 4.69) is 4.90 Å². The third-order valence-electron chi connectivity index (χ3n) is 4.64. The summed E-state index contributed by atoms with van der Waals surface area (Å²) in [6.45, 7) is 4.29. The number of carbonyl (C=O) groups is 1. The van der Waals surface area contributed by atoms with Crippen LogP contribution in [-0.4, -0.2) is 59.7 Å². The molecule has 0 radical (unpaired) electrons. The van der Waals surface area contributed by atoms with Gasteiger partial charge in [0.15, 0.2) is 5.60 Å². The van der Waals surface area contributed by atoms with E-state index in [1.54, 1.807) is 31.1 Å². The van der Waals surface area contributed by atoms with E-state index < -0.39 is 5.60 Å². The fraction of sp³-hybridized carbons (Fsp3) is 0.500. The first-order valence-corrected chi connectivity index (χ1v) is 8.12. The number of hydrogen-bond acceptors (Lipinski definition) is 3. The molecule has 5 nitrogen and oxygen atoms in total. The molecule has 2 heterocycles. The molecule has 0 aliphatic carbocycles. The number of halogens is 1. The van der Waals surface area contributed by atoms with Crippen molar-refractivity contribution in [3.63, 3.8) is 0 Å². The molecule has 6 heteroatoms. The van der Waals surface area contributed by atoms with Gasteiger partial charge in [0.25, 0.3) is 5.91 Å². The topological polar surface area (TPSA) is 37.7 Å². The maximum Gasteiger partial charge on any atom is 0.255 e. The van der Waals surface area contributed by atoms with Crippen LogP contribution in [0.25, 0.3) is 10.9 Å². The molecule has 1 aromatic carbocycles. The Balaban J connectivity index is 1.84. The van der Waals surface area contributed by atoms with Crippen LogP contribution in [0.4, 0.5) is 4.39 Å². The quantitative estimate of drug-likeness (QED) is 0.862. The minimum atomic E-state index is -0.836. The largest absolute Gasteiger partial charge is 0.363 e. The van der Waals surface area contributed by atoms with Crippen molar-refractivity contribution >= 4 is 16.8 Å². The second-order valence-electron chi connectivity index (χ2n) is 6.92. The number of amides is 1. The van der Waals surface area contributed by atoms with Gasteiger partial charge in [-0.15, -0.1) is 0 Å². The van der Waals surface area contributed by atoms with Gasteiger partial charge < -0.3 is 14.2 Å². The van der Waals surface area contributed by atoms with E-state index in [1.807, 2.05) is 24.7 Å². The van der Waals surface area contributed by atoms with Gasteiger partial charge in [-0.1, -0.05) is 0 Å². The van der Waals surface area contributed by atoms with Gasteiger partial charge >= 0.3 is 0 Å². The Bertz CT molecular complexity index is 771. The third-order valence-corrected chi connectivity index (χ3v) is 4.64. The molecule has 3 rings (SSSR count). The molecular formula is C18H24FN3O2. The molecule has 1 aliphatic heterocycles. The van der Waals surface area contributed by atoms with Gasteiger partial charge in [0.05, 0.1) is 6.61 Å². The maximum atomic E-state index is 13.6. The Morgan fingerprint density at radius 1 is 1.42 bits per heavy atom. The molecule has 1 saturated heterocycles. The van der Waals surface area contributed by atoms with Crippen LogP contribution in [-0.2, 0) is 23.1 Å². The molecule has 130 valence electrons. The summed E-state index contributed by atoms with van der Waals surface area (Å²) in [4.78, 5) is 16.2. The van der Waals surface area contributed by atoms with E-state index >= 15 is 0 Å². The van der Waals surface area contributed by atoms with Crippen LogP contribution in [0.15, 0.2) is 24.4 Å². The number of aryl methyl sites for hydroxylation is 1. The van der Waals surface area contributed by atoms with Crippen LogP contribution in [0, 0.1) is 5.82 Å². The summed E-state index contributed by atoms with van der Waals surface area (Å²) in [6.07, 6.45) is 2.03. The highest BCUT2D eigenvalue weighted by molar-refractivity contribution is 5.85. The van der Waals surface area contributed by atoms with Crippen LogP contribution in [0.1, 0.15) is 12.5 Å². The Kier molecular flexibility index (Phi) is 4.36. The lowest BCUT2D eigenvalue weighted by Crippen LogP contribution is -2.57. The Labute approximate surface area is 141 Å². The molecule has 1 aliphatic rings. The molecule has 1 aromatic heterocycles. The number of benzene rings is 1. The van der Waals surface area contributed by atoms with Crippen LogP contribution >= 0.6 is 0 Å². The van der Waals surface area contributed by atoms with Crippen molar-refractivity contribution in [2.24, 2.45) is 7.05 Å². The summed E-state index contributed by atoms with van der Waals surface area (Å²) < 4.78 is 21.4. The zero-order chi connectivity index (χ0) is 17.5. The van der Waals surface area contributed by atoms with Crippen molar-refractivity contribution in [2.75, 3.05) is 33.8 Å². The van der Waals surface area contributed by atoms with E-state index in [1.165, 1.54) is 6.07 Å². The van der Waals surface area contributed by atoms with Gasteiger partial charge in [0.2, 0.25) is 0 Å². The summed E-state index contributed by atoms with van der Waals surface area (Å²) in [5.41, 5.74) is 1.23. The highest BCUT2D eigenvalue weighted by Gasteiger charge is 2.40. The highest BCUT2D eigenvalue weighted by Crippen LogP contribution is 2.26. The SMILES string of the molecule is CN(C)C(=O)[C@@]1(C)CN(Cc2cn(C)c3ccc(F)cc23)CCO1. The highest BCUT2D eigenvalue weighted by atomic mass is 19.1. The summed E-state index contributed by atoms with van der Waals surface area (Å²) in [6, 6.07) is 4.86. The van der Waals surface area contributed by atoms with E-state index in [0.29, 0.717) is 19.7 Å². The predicted molar refractivity (Wildman–Crippen MR) is 91.2 cm³/mol. The minimum absolute atomic E-state index is 0.0313. The zero-order valence-electron chi connectivity index (χ0n) is 14.7. The monoisotopic (exact) mass is 333 g/mol. The average Bonchev–Trinajstić information content (AvgIpc) is 2.82. The fourth-order valence-corrected chi connectivity index (χ4v) is 3.50. The number of fused-ring (bicyclic) bond motifs is 1. The lowest BCUT2D eigenvalue weighted by Gasteiger charge is -2.40. The molecule has 24 heavy (non-hydrogen) atoms. The van der Waals surface area contributed by atoms with E-state index in [0.717, 1.165) is 23.0 Å². The lowest BCUT2D eigenvalue weighted by atomic mass is 10.0. The van der Waals surface area contributed by atoms with Gasteiger partial charge in [-0.3, -0.25) is 9.69 Å². The second-order valence-corrected chi connectivity index (χ2v) is 6.92. The molecule has 0 spiro atoms. The standard InChI is InChI=1S/C18H24FN3O2/c1-18(17(23)20(2)3)12-22(7-8-24-18)11-13-10-21(4)16-6-5-14(19)9-15(13)16/h5-6,9-10H,7-8,11-12H2,1-4H3/t18-/m1/s1. The van der Waals surface area contributed by atoms with E-state index in [9.17, 15) is 9.18 Å². The molecule has 1 fully saturated rings. The smallest absolute Gasteiger partial charge is 0.255 e. The number of ether oxygens (including phenoxy) is 1. The van der Waals surface area contributed by atoms with Gasteiger partial charge in [-0.25, -0.2) is 4.39 Å². The Morgan fingerprint density at radius 2 is 2.17 bits per heavy atom. The van der Waals surface area contributed by atoms with Crippen LogP contribution < -0.4 is 0 Å². The summed E-state index contributed by atoms with van der Waals surface area (Å²) >= 11 is 0. The Hall–Kier alpha value is -1.92. The number of carbonyl (C=O) groups excluding carboxylic acids is 1. The number of aromatic nitrogens is 1. The van der Waals surface area contributed by atoms with Crippen LogP contribution in [0.2, 0.25) is 0 Å². The molecule has 0 bridgehead atoms. The van der Waals surface area contributed by atoms with Gasteiger partial charge in [0.1, 0.15) is 5.82 Å². The first kappa shape index (κ1) is 16.9. The van der Waals surface area contributed by atoms with Crippen molar-refractivity contribution < 1.29 is 13.9 Å². The van der Waals surface area contributed by atoms with Crippen molar-refractivity contribution in [3.05, 3.63) is 35.8 Å². The zero-order valence-corrected chi connectivity index (χ0v) is 14.7. The molecule has 0 saturated carbocycles. The summed E-state index contributed by atoms with van der Waals surface area (Å²) in [7, 11) is 5.44. The van der Waals surface area contributed by atoms with Crippen LogP contribution in [0.3, 0.4) is 0 Å². The van der Waals surface area contributed by atoms with E-state index in [-0.39, 0.29) is 11.7 Å². The minimum Gasteiger partial charge on any atom is -0.363 e. The fourth-order valence-electron chi connectivity index (χ4n) is 3.50. The molecular weight excluding hydrogens is 309 g/mol. The number of rotatable bonds is 3. The maximum absolute atomic E-state index is 13.6.